The number of aliphatic carboxylic acids is 1. The lowest BCUT2D eigenvalue weighted by atomic mass is 10.1. The van der Waals surface area contributed by atoms with Gasteiger partial charge in [0, 0.05) is 5.56 Å². The minimum atomic E-state index is -1.40. The van der Waals surface area contributed by atoms with Crippen molar-refractivity contribution in [2.24, 2.45) is 0 Å². The highest BCUT2D eigenvalue weighted by Crippen LogP contribution is 2.24. The van der Waals surface area contributed by atoms with Crippen molar-refractivity contribution in [1.82, 2.24) is 5.32 Å². The summed E-state index contributed by atoms with van der Waals surface area (Å²) in [5.41, 5.74) is 0.0996. The number of aromatic hydroxyl groups is 1. The Hall–Kier alpha value is -1.60. The molecule has 0 fully saturated rings. The van der Waals surface area contributed by atoms with Crippen LogP contribution in [0.2, 0.25) is 0 Å². The molecule has 0 saturated heterocycles. The Morgan fingerprint density at radius 1 is 1.39 bits per heavy atom. The summed E-state index contributed by atoms with van der Waals surface area (Å²) in [6.07, 6.45) is -1.23. The van der Waals surface area contributed by atoms with Crippen LogP contribution in [0.1, 0.15) is 17.3 Å². The topological polar surface area (TPSA) is 107 Å². The smallest absolute Gasteiger partial charge is 0.328 e. The fraction of sp³-hybridized carbons (Fsp3) is 0.273. The van der Waals surface area contributed by atoms with Crippen LogP contribution < -0.4 is 5.32 Å². The zero-order chi connectivity index (χ0) is 13.9. The Morgan fingerprint density at radius 2 is 2.00 bits per heavy atom. The number of phenolic OH excluding ortho intramolecular Hbond substituents is 1. The molecule has 0 aromatic heterocycles. The normalized spacial score (nSPS) is 13.7. The van der Waals surface area contributed by atoms with Gasteiger partial charge in [-0.3, -0.25) is 4.79 Å². The third-order valence-corrected chi connectivity index (χ3v) is 2.91. The number of aliphatic hydroxyl groups is 1. The van der Waals surface area contributed by atoms with Crippen molar-refractivity contribution in [2.45, 2.75) is 19.1 Å². The second-order valence-corrected chi connectivity index (χ2v) is 4.55. The first-order chi connectivity index (χ1) is 8.32. The van der Waals surface area contributed by atoms with Gasteiger partial charge < -0.3 is 20.6 Å². The number of carbonyl (C=O) groups excluding carboxylic acids is 1. The van der Waals surface area contributed by atoms with Crippen LogP contribution in [0.15, 0.2) is 22.7 Å². The van der Waals surface area contributed by atoms with Crippen LogP contribution in [0.4, 0.5) is 0 Å². The fourth-order valence-electron chi connectivity index (χ4n) is 1.27. The van der Waals surface area contributed by atoms with Gasteiger partial charge in [0.05, 0.1) is 10.6 Å². The number of benzene rings is 1. The second kappa shape index (κ2) is 5.83. The second-order valence-electron chi connectivity index (χ2n) is 3.70. The summed E-state index contributed by atoms with van der Waals surface area (Å²) in [7, 11) is 0. The Morgan fingerprint density at radius 3 is 2.44 bits per heavy atom. The quantitative estimate of drug-likeness (QED) is 0.654. The number of rotatable bonds is 4. The summed E-state index contributed by atoms with van der Waals surface area (Å²) in [5.74, 6) is -2.16. The largest absolute Gasteiger partial charge is 0.507 e. The highest BCUT2D eigenvalue weighted by molar-refractivity contribution is 9.10. The molecule has 1 aromatic carbocycles. The van der Waals surface area contributed by atoms with E-state index in [1.165, 1.54) is 25.1 Å². The van der Waals surface area contributed by atoms with Gasteiger partial charge >= 0.3 is 5.97 Å². The number of carbonyl (C=O) groups is 2. The number of nitrogens with one attached hydrogen (secondary N) is 1. The van der Waals surface area contributed by atoms with E-state index in [1.54, 1.807) is 0 Å². The SMILES string of the molecule is CC(O)C(NC(=O)c1ccc(Br)c(O)c1)C(=O)O. The molecule has 18 heavy (non-hydrogen) atoms. The number of halogens is 1. The Bertz CT molecular complexity index is 475. The molecule has 6 nitrogen and oxygen atoms in total. The molecule has 1 amide bonds. The van der Waals surface area contributed by atoms with E-state index in [0.29, 0.717) is 4.47 Å². The molecule has 2 atom stereocenters. The van der Waals surface area contributed by atoms with E-state index in [1.807, 2.05) is 0 Å². The lowest BCUT2D eigenvalue weighted by Gasteiger charge is -2.17. The standard InChI is InChI=1S/C11H12BrNO5/c1-5(14)9(11(17)18)13-10(16)6-2-3-7(12)8(15)4-6/h2-5,9,14-15H,1H3,(H,13,16)(H,17,18). The van der Waals surface area contributed by atoms with Gasteiger partial charge in [-0.1, -0.05) is 0 Å². The van der Waals surface area contributed by atoms with Gasteiger partial charge in [-0.25, -0.2) is 4.79 Å². The van der Waals surface area contributed by atoms with E-state index in [0.717, 1.165) is 0 Å². The number of carboxylic acid groups (broad SMARTS) is 1. The molecule has 7 heteroatoms. The van der Waals surface area contributed by atoms with Gasteiger partial charge in [-0.05, 0) is 41.1 Å². The van der Waals surface area contributed by atoms with Crippen LogP contribution in [0.25, 0.3) is 0 Å². The zero-order valence-corrected chi connectivity index (χ0v) is 11.0. The van der Waals surface area contributed by atoms with Crippen molar-refractivity contribution in [1.29, 1.82) is 0 Å². The molecule has 0 aliphatic carbocycles. The first-order valence-corrected chi connectivity index (χ1v) is 5.82. The summed E-state index contributed by atoms with van der Waals surface area (Å²) >= 11 is 3.06. The summed E-state index contributed by atoms with van der Waals surface area (Å²) in [6.45, 7) is 1.26. The molecule has 0 spiro atoms. The molecule has 1 aromatic rings. The Balaban J connectivity index is 2.87. The van der Waals surface area contributed by atoms with E-state index < -0.39 is 24.0 Å². The maximum absolute atomic E-state index is 11.7. The molecular weight excluding hydrogens is 306 g/mol. The van der Waals surface area contributed by atoms with Gasteiger partial charge in [0.1, 0.15) is 5.75 Å². The minimum Gasteiger partial charge on any atom is -0.507 e. The summed E-state index contributed by atoms with van der Waals surface area (Å²) in [6, 6.07) is 2.67. The van der Waals surface area contributed by atoms with Gasteiger partial charge in [0.15, 0.2) is 6.04 Å². The average Bonchev–Trinajstić information content (AvgIpc) is 2.28. The maximum Gasteiger partial charge on any atom is 0.328 e. The van der Waals surface area contributed by atoms with E-state index in [4.69, 9.17) is 5.11 Å². The number of hydrogen-bond donors (Lipinski definition) is 4. The molecular formula is C11H12BrNO5. The van der Waals surface area contributed by atoms with Crippen molar-refractivity contribution in [3.63, 3.8) is 0 Å². The zero-order valence-electron chi connectivity index (χ0n) is 9.42. The molecule has 0 radical (unpaired) electrons. The Kier molecular flexibility index (Phi) is 4.69. The van der Waals surface area contributed by atoms with Crippen LogP contribution in [0.3, 0.4) is 0 Å². The van der Waals surface area contributed by atoms with E-state index in [2.05, 4.69) is 21.2 Å². The molecule has 0 bridgehead atoms. The number of aliphatic hydroxyl groups excluding tert-OH is 1. The predicted octanol–water partition coefficient (Wildman–Crippen LogP) is 0.718. The fourth-order valence-corrected chi connectivity index (χ4v) is 1.51. The number of hydrogen-bond acceptors (Lipinski definition) is 4. The van der Waals surface area contributed by atoms with Gasteiger partial charge in [0.2, 0.25) is 0 Å². The first-order valence-electron chi connectivity index (χ1n) is 5.03. The summed E-state index contributed by atoms with van der Waals surface area (Å²) < 4.78 is 0.421. The molecule has 0 heterocycles. The lowest BCUT2D eigenvalue weighted by molar-refractivity contribution is -0.141. The summed E-state index contributed by atoms with van der Waals surface area (Å²) in [4.78, 5) is 22.5. The van der Waals surface area contributed by atoms with Crippen molar-refractivity contribution in [3.8, 4) is 5.75 Å². The Labute approximate surface area is 111 Å². The molecule has 98 valence electrons. The molecule has 4 N–H and O–H groups in total. The maximum atomic E-state index is 11.7. The molecule has 1 rings (SSSR count). The van der Waals surface area contributed by atoms with Crippen LogP contribution in [0, 0.1) is 0 Å². The van der Waals surface area contributed by atoms with Crippen molar-refractivity contribution in [2.75, 3.05) is 0 Å². The summed E-state index contributed by atoms with van der Waals surface area (Å²) in [5, 5.41) is 29.6. The number of amides is 1. The van der Waals surface area contributed by atoms with Crippen LogP contribution in [0.5, 0.6) is 5.75 Å². The van der Waals surface area contributed by atoms with Gasteiger partial charge in [0.25, 0.3) is 5.91 Å². The molecule has 0 aliphatic heterocycles. The van der Waals surface area contributed by atoms with Gasteiger partial charge in [-0.2, -0.15) is 0 Å². The minimum absolute atomic E-state index is 0.0996. The molecule has 2 unspecified atom stereocenters. The molecule has 0 aliphatic rings. The van der Waals surface area contributed by atoms with Crippen LogP contribution in [-0.4, -0.2) is 39.3 Å². The van der Waals surface area contributed by atoms with Gasteiger partial charge in [-0.15, -0.1) is 0 Å². The number of phenols is 1. The lowest BCUT2D eigenvalue weighted by Crippen LogP contribution is -2.47. The van der Waals surface area contributed by atoms with Crippen LogP contribution in [-0.2, 0) is 4.79 Å². The van der Waals surface area contributed by atoms with Crippen LogP contribution >= 0.6 is 15.9 Å². The highest BCUT2D eigenvalue weighted by Gasteiger charge is 2.25. The predicted molar refractivity (Wildman–Crippen MR) is 66.4 cm³/mol. The van der Waals surface area contributed by atoms with Crippen molar-refractivity contribution >= 4 is 27.8 Å². The van der Waals surface area contributed by atoms with Crippen molar-refractivity contribution in [3.05, 3.63) is 28.2 Å². The van der Waals surface area contributed by atoms with Crippen molar-refractivity contribution < 1.29 is 24.9 Å². The molecule has 0 saturated carbocycles. The monoisotopic (exact) mass is 317 g/mol. The third kappa shape index (κ3) is 3.44. The van der Waals surface area contributed by atoms with E-state index in [-0.39, 0.29) is 11.3 Å². The number of carboxylic acids is 1. The third-order valence-electron chi connectivity index (χ3n) is 2.24. The highest BCUT2D eigenvalue weighted by atomic mass is 79.9. The first kappa shape index (κ1) is 14.5. The average molecular weight is 318 g/mol. The van der Waals surface area contributed by atoms with E-state index >= 15 is 0 Å². The van der Waals surface area contributed by atoms with E-state index in [9.17, 15) is 19.8 Å².